The van der Waals surface area contributed by atoms with Crippen molar-refractivity contribution in [1.82, 2.24) is 4.57 Å². The first-order valence-electron chi connectivity index (χ1n) is 10.4. The van der Waals surface area contributed by atoms with Crippen molar-refractivity contribution in [2.75, 3.05) is 32.1 Å². The zero-order valence-electron chi connectivity index (χ0n) is 17.5. The normalized spacial score (nSPS) is 15.1. The average molecular weight is 407 g/mol. The van der Waals surface area contributed by atoms with Crippen LogP contribution in [-0.2, 0) is 6.67 Å². The molecule has 4 rings (SSSR count). The number of carbonyl (C=O) groups is 1. The summed E-state index contributed by atoms with van der Waals surface area (Å²) in [5.74, 6) is -0.369. The quantitative estimate of drug-likeness (QED) is 0.638. The zero-order chi connectivity index (χ0) is 21.1. The molecule has 0 unspecified atom stereocenters. The van der Waals surface area contributed by atoms with Crippen LogP contribution in [0.25, 0.3) is 10.9 Å². The molecule has 0 saturated carbocycles. The molecule has 2 N–H and O–H groups in total. The van der Waals surface area contributed by atoms with Crippen molar-refractivity contribution in [3.63, 3.8) is 0 Å². The van der Waals surface area contributed by atoms with Gasteiger partial charge in [0.15, 0.2) is 12.4 Å². The van der Waals surface area contributed by atoms with Crippen LogP contribution in [0.5, 0.6) is 5.88 Å². The highest BCUT2D eigenvalue weighted by Crippen LogP contribution is 2.38. The molecule has 1 aliphatic heterocycles. The molecule has 1 fully saturated rings. The van der Waals surface area contributed by atoms with E-state index in [1.54, 1.807) is 12.1 Å². The Balaban J connectivity index is 1.62. The van der Waals surface area contributed by atoms with Crippen molar-refractivity contribution >= 4 is 28.2 Å². The van der Waals surface area contributed by atoms with Crippen molar-refractivity contribution in [1.29, 1.82) is 0 Å². The topological polar surface area (TPSA) is 74.6 Å². The number of piperidine rings is 1. The van der Waals surface area contributed by atoms with E-state index in [0.29, 0.717) is 17.9 Å². The Kier molecular flexibility index (Phi) is 5.81. The maximum atomic E-state index is 12.5. The second-order valence-corrected chi connectivity index (χ2v) is 8.03. The van der Waals surface area contributed by atoms with Gasteiger partial charge in [0, 0.05) is 30.7 Å². The molecule has 2 aromatic carbocycles. The summed E-state index contributed by atoms with van der Waals surface area (Å²) in [5.41, 5.74) is 2.72. The van der Waals surface area contributed by atoms with E-state index >= 15 is 0 Å². The van der Waals surface area contributed by atoms with Crippen LogP contribution >= 0.6 is 0 Å². The summed E-state index contributed by atoms with van der Waals surface area (Å²) in [6.45, 7) is 2.89. The van der Waals surface area contributed by atoms with E-state index in [2.05, 4.69) is 10.2 Å². The fourth-order valence-electron chi connectivity index (χ4n) is 4.02. The third-order valence-corrected chi connectivity index (χ3v) is 5.73. The molecule has 0 spiro atoms. The van der Waals surface area contributed by atoms with Crippen LogP contribution in [0.4, 0.5) is 11.4 Å². The number of carbonyl (C=O) groups excluding carboxylic acids is 1. The van der Waals surface area contributed by atoms with Crippen LogP contribution in [0.1, 0.15) is 29.6 Å². The number of para-hydroxylation sites is 1. The minimum absolute atomic E-state index is 0.0637. The van der Waals surface area contributed by atoms with Crippen LogP contribution in [-0.4, -0.2) is 42.8 Å². The molecule has 0 aliphatic carbocycles. The molecule has 0 bridgehead atoms. The van der Waals surface area contributed by atoms with Gasteiger partial charge in [0.2, 0.25) is 5.88 Å². The van der Waals surface area contributed by atoms with E-state index in [-0.39, 0.29) is 5.88 Å². The first kappa shape index (κ1) is 20.1. The van der Waals surface area contributed by atoms with Crippen LogP contribution in [0.3, 0.4) is 0 Å². The molecule has 7 nitrogen and oxygen atoms in total. The predicted octanol–water partition coefficient (Wildman–Crippen LogP) is 3.36. The highest BCUT2D eigenvalue weighted by molar-refractivity contribution is 5.97. The summed E-state index contributed by atoms with van der Waals surface area (Å²) in [6, 6.07) is 14.9. The van der Waals surface area contributed by atoms with Crippen LogP contribution in [0, 0.1) is 0 Å². The Morgan fingerprint density at radius 2 is 1.77 bits per heavy atom. The smallest absolute Gasteiger partial charge is 0.295 e. The first-order valence-corrected chi connectivity index (χ1v) is 10.4. The number of quaternary nitrogens is 1. The van der Waals surface area contributed by atoms with E-state index < -0.39 is 5.91 Å². The Morgan fingerprint density at radius 3 is 2.47 bits per heavy atom. The van der Waals surface area contributed by atoms with Gasteiger partial charge in [-0.2, -0.15) is 0 Å². The summed E-state index contributed by atoms with van der Waals surface area (Å²) >= 11 is 0. The number of fused-ring (bicyclic) bond motifs is 1. The molecule has 7 heteroatoms. The molecule has 1 amide bonds. The summed E-state index contributed by atoms with van der Waals surface area (Å²) in [4.78, 5) is 15.9. The van der Waals surface area contributed by atoms with Crippen molar-refractivity contribution < 1.29 is 14.8 Å². The van der Waals surface area contributed by atoms with Crippen molar-refractivity contribution in [2.24, 2.45) is 10.2 Å². The second-order valence-electron chi connectivity index (χ2n) is 8.03. The Hall–Kier alpha value is -3.19. The van der Waals surface area contributed by atoms with Crippen molar-refractivity contribution in [3.05, 3.63) is 54.1 Å². The Labute approximate surface area is 176 Å². The molecule has 156 valence electrons. The number of nitrogens with one attached hydrogen (secondary N) is 1. The van der Waals surface area contributed by atoms with Crippen LogP contribution in [0.15, 0.2) is 58.8 Å². The molecular formula is C23H28N5O2+. The average Bonchev–Trinajstić information content (AvgIpc) is 3.04. The standard InChI is InChI=1S/C23H27N5O2/c1-26(2)18-12-10-17(11-13-18)22(29)25-24-21-19-8-4-5-9-20(19)28(23(21)30)16-27-14-6-3-7-15-27/h4-5,8-13,30H,3,6-7,14-16H2,1-2H3/p+1. The molecular weight excluding hydrogens is 378 g/mol. The highest BCUT2D eigenvalue weighted by Gasteiger charge is 2.21. The van der Waals surface area contributed by atoms with E-state index in [1.807, 2.05) is 60.0 Å². The minimum atomic E-state index is -0.432. The summed E-state index contributed by atoms with van der Waals surface area (Å²) in [7, 11) is 3.89. The largest absolute Gasteiger partial charge is 0.493 e. The van der Waals surface area contributed by atoms with Crippen molar-refractivity contribution in [3.8, 4) is 5.88 Å². The number of hydrogen-bond acceptors (Lipinski definition) is 4. The monoisotopic (exact) mass is 406 g/mol. The van der Waals surface area contributed by atoms with Gasteiger partial charge in [0.1, 0.15) is 0 Å². The third kappa shape index (κ3) is 4.07. The van der Waals surface area contributed by atoms with E-state index in [4.69, 9.17) is 0 Å². The number of azo groups is 1. The summed E-state index contributed by atoms with van der Waals surface area (Å²) < 4.78 is 1.89. The summed E-state index contributed by atoms with van der Waals surface area (Å²) in [5, 5.41) is 19.8. The molecule has 30 heavy (non-hydrogen) atoms. The number of hydrogen-bond donors (Lipinski definition) is 2. The van der Waals surface area contributed by atoms with Crippen molar-refractivity contribution in [2.45, 2.75) is 25.9 Å². The van der Waals surface area contributed by atoms with Gasteiger partial charge in [-0.15, -0.1) is 10.2 Å². The lowest BCUT2D eigenvalue weighted by atomic mass is 10.1. The lowest BCUT2D eigenvalue weighted by Crippen LogP contribution is -3.12. The lowest BCUT2D eigenvalue weighted by Gasteiger charge is -2.24. The molecule has 2 heterocycles. The van der Waals surface area contributed by atoms with E-state index in [1.165, 1.54) is 24.2 Å². The fourth-order valence-corrected chi connectivity index (χ4v) is 4.02. The van der Waals surface area contributed by atoms with Gasteiger partial charge in [-0.3, -0.25) is 9.36 Å². The molecule has 0 atom stereocenters. The number of amides is 1. The highest BCUT2D eigenvalue weighted by atomic mass is 16.3. The van der Waals surface area contributed by atoms with E-state index in [0.717, 1.165) is 29.7 Å². The Morgan fingerprint density at radius 1 is 1.07 bits per heavy atom. The number of benzene rings is 2. The van der Waals surface area contributed by atoms with Gasteiger partial charge in [0.25, 0.3) is 5.91 Å². The maximum absolute atomic E-state index is 12.5. The number of rotatable bonds is 5. The molecule has 0 radical (unpaired) electrons. The SMILES string of the molecule is CN(C)c1ccc(C(=O)N=Nc2c(O)n(C[NH+]3CCCCC3)c3ccccc23)cc1. The minimum Gasteiger partial charge on any atom is -0.493 e. The molecule has 1 aliphatic rings. The molecule has 1 aromatic heterocycles. The fraction of sp³-hybridized carbons (Fsp3) is 0.348. The maximum Gasteiger partial charge on any atom is 0.295 e. The number of aromatic hydroxyl groups is 1. The number of anilines is 1. The first-order chi connectivity index (χ1) is 14.5. The lowest BCUT2D eigenvalue weighted by molar-refractivity contribution is -0.927. The van der Waals surface area contributed by atoms with Gasteiger partial charge in [-0.05, 0) is 49.6 Å². The van der Waals surface area contributed by atoms with Gasteiger partial charge in [-0.25, -0.2) is 0 Å². The van der Waals surface area contributed by atoms with Crippen LogP contribution < -0.4 is 9.80 Å². The zero-order valence-corrected chi connectivity index (χ0v) is 17.5. The van der Waals surface area contributed by atoms with Gasteiger partial charge in [-0.1, -0.05) is 18.2 Å². The molecule has 1 saturated heterocycles. The van der Waals surface area contributed by atoms with Gasteiger partial charge in [0.05, 0.1) is 18.6 Å². The summed E-state index contributed by atoms with van der Waals surface area (Å²) in [6.07, 6.45) is 3.70. The number of aromatic nitrogens is 1. The second kappa shape index (κ2) is 8.67. The van der Waals surface area contributed by atoms with Gasteiger partial charge < -0.3 is 14.9 Å². The number of nitrogens with zero attached hydrogens (tertiary/aromatic N) is 4. The van der Waals surface area contributed by atoms with Gasteiger partial charge >= 0.3 is 0 Å². The Bertz CT molecular complexity index is 1060. The third-order valence-electron chi connectivity index (χ3n) is 5.73. The number of likely N-dealkylation sites (tertiary alicyclic amines) is 1. The van der Waals surface area contributed by atoms with Crippen LogP contribution in [0.2, 0.25) is 0 Å². The predicted molar refractivity (Wildman–Crippen MR) is 118 cm³/mol. The van der Waals surface area contributed by atoms with E-state index in [9.17, 15) is 9.90 Å². The molecule has 3 aromatic rings.